The number of rotatable bonds is 2. The van der Waals surface area contributed by atoms with E-state index in [1.54, 1.807) is 6.20 Å². The van der Waals surface area contributed by atoms with Gasteiger partial charge in [0.1, 0.15) is 5.82 Å². The summed E-state index contributed by atoms with van der Waals surface area (Å²) in [6.45, 7) is 3.02. The van der Waals surface area contributed by atoms with Crippen molar-refractivity contribution in [2.45, 2.75) is 0 Å². The molecule has 2 N–H and O–H groups in total. The number of halogens is 1. The molecule has 1 fully saturated rings. The molecule has 2 heterocycles. The lowest BCUT2D eigenvalue weighted by Gasteiger charge is -2.26. The molecule has 1 aromatic carbocycles. The molecule has 6 heteroatoms. The van der Waals surface area contributed by atoms with Crippen molar-refractivity contribution in [2.75, 3.05) is 36.9 Å². The molecule has 0 saturated carbocycles. The summed E-state index contributed by atoms with van der Waals surface area (Å²) >= 11 is 3.42. The van der Waals surface area contributed by atoms with E-state index in [4.69, 9.17) is 10.5 Å². The Hall–Kier alpha value is -1.66. The molecule has 1 aromatic heterocycles. The number of nitrogen functional groups attached to an aromatic ring is 1. The number of nitrogens with zero attached hydrogens (tertiary/aromatic N) is 3. The Morgan fingerprint density at radius 1 is 1.15 bits per heavy atom. The minimum Gasteiger partial charge on any atom is -0.383 e. The Morgan fingerprint density at radius 2 is 1.85 bits per heavy atom. The lowest BCUT2D eigenvalue weighted by molar-refractivity contribution is 0.122. The molecule has 0 amide bonds. The van der Waals surface area contributed by atoms with Crippen LogP contribution in [0.3, 0.4) is 0 Å². The van der Waals surface area contributed by atoms with Gasteiger partial charge in [0, 0.05) is 29.3 Å². The zero-order valence-electron chi connectivity index (χ0n) is 10.9. The lowest BCUT2D eigenvalue weighted by Crippen LogP contribution is -2.37. The van der Waals surface area contributed by atoms with Crippen LogP contribution < -0.4 is 10.6 Å². The Bertz CT molecular complexity index is 597. The van der Waals surface area contributed by atoms with Gasteiger partial charge in [-0.25, -0.2) is 4.98 Å². The second-order valence-electron chi connectivity index (χ2n) is 4.58. The van der Waals surface area contributed by atoms with Gasteiger partial charge in [0.25, 0.3) is 0 Å². The van der Waals surface area contributed by atoms with E-state index in [0.29, 0.717) is 25.0 Å². The Kier molecular flexibility index (Phi) is 3.84. The number of ether oxygens (including phenoxy) is 1. The van der Waals surface area contributed by atoms with Crippen LogP contribution in [0.15, 0.2) is 34.9 Å². The van der Waals surface area contributed by atoms with Crippen molar-refractivity contribution in [3.8, 4) is 11.1 Å². The predicted octanol–water partition coefficient (Wildman–Crippen LogP) is 2.32. The van der Waals surface area contributed by atoms with Crippen LogP contribution >= 0.6 is 15.9 Å². The normalized spacial score (nSPS) is 15.3. The average molecular weight is 335 g/mol. The first-order valence-corrected chi connectivity index (χ1v) is 7.24. The highest BCUT2D eigenvalue weighted by molar-refractivity contribution is 9.10. The van der Waals surface area contributed by atoms with E-state index in [1.165, 1.54) is 0 Å². The van der Waals surface area contributed by atoms with Gasteiger partial charge >= 0.3 is 0 Å². The van der Waals surface area contributed by atoms with Gasteiger partial charge in [-0.3, -0.25) is 0 Å². The average Bonchev–Trinajstić information content (AvgIpc) is 2.49. The molecule has 5 nitrogen and oxygen atoms in total. The molecule has 0 spiro atoms. The van der Waals surface area contributed by atoms with Gasteiger partial charge in [-0.2, -0.15) is 4.98 Å². The van der Waals surface area contributed by atoms with Gasteiger partial charge in [0.15, 0.2) is 0 Å². The Balaban J connectivity index is 1.88. The predicted molar refractivity (Wildman–Crippen MR) is 82.6 cm³/mol. The SMILES string of the molecule is Nc1nc(N2CCOCC2)ncc1-c1ccc(Br)cc1. The van der Waals surface area contributed by atoms with Crippen LogP contribution in [-0.2, 0) is 4.74 Å². The van der Waals surface area contributed by atoms with E-state index in [1.807, 2.05) is 24.3 Å². The molecule has 0 bridgehead atoms. The number of benzene rings is 1. The summed E-state index contributed by atoms with van der Waals surface area (Å²) in [5.41, 5.74) is 7.95. The van der Waals surface area contributed by atoms with Crippen LogP contribution in [0.25, 0.3) is 11.1 Å². The lowest BCUT2D eigenvalue weighted by atomic mass is 10.1. The molecule has 2 aromatic rings. The highest BCUT2D eigenvalue weighted by Gasteiger charge is 2.15. The summed E-state index contributed by atoms with van der Waals surface area (Å²) in [6, 6.07) is 7.94. The summed E-state index contributed by atoms with van der Waals surface area (Å²) in [7, 11) is 0. The first-order chi connectivity index (χ1) is 9.74. The second-order valence-corrected chi connectivity index (χ2v) is 5.49. The quantitative estimate of drug-likeness (QED) is 0.913. The van der Waals surface area contributed by atoms with E-state index >= 15 is 0 Å². The van der Waals surface area contributed by atoms with Gasteiger partial charge < -0.3 is 15.4 Å². The molecule has 0 aliphatic carbocycles. The van der Waals surface area contributed by atoms with Crippen LogP contribution in [-0.4, -0.2) is 36.3 Å². The van der Waals surface area contributed by atoms with Crippen LogP contribution in [0, 0.1) is 0 Å². The van der Waals surface area contributed by atoms with Gasteiger partial charge in [-0.15, -0.1) is 0 Å². The largest absolute Gasteiger partial charge is 0.383 e. The molecule has 0 atom stereocenters. The Morgan fingerprint density at radius 3 is 2.50 bits per heavy atom. The third-order valence-corrected chi connectivity index (χ3v) is 3.78. The Labute approximate surface area is 125 Å². The maximum Gasteiger partial charge on any atom is 0.227 e. The minimum atomic E-state index is 0.504. The highest BCUT2D eigenvalue weighted by atomic mass is 79.9. The summed E-state index contributed by atoms with van der Waals surface area (Å²) in [4.78, 5) is 10.9. The number of aromatic nitrogens is 2. The minimum absolute atomic E-state index is 0.504. The van der Waals surface area contributed by atoms with E-state index in [0.717, 1.165) is 28.7 Å². The molecule has 0 unspecified atom stereocenters. The fourth-order valence-electron chi connectivity index (χ4n) is 2.15. The summed E-state index contributed by atoms with van der Waals surface area (Å²) in [5.74, 6) is 1.18. The third-order valence-electron chi connectivity index (χ3n) is 3.25. The number of hydrogen-bond donors (Lipinski definition) is 1. The van der Waals surface area contributed by atoms with Crippen LogP contribution in [0.2, 0.25) is 0 Å². The molecule has 1 aliphatic heterocycles. The van der Waals surface area contributed by atoms with Crippen molar-refractivity contribution in [3.63, 3.8) is 0 Å². The molecule has 1 aliphatic rings. The number of nitrogens with two attached hydrogens (primary N) is 1. The van der Waals surface area contributed by atoms with E-state index in [-0.39, 0.29) is 0 Å². The molecule has 0 radical (unpaired) electrons. The fourth-order valence-corrected chi connectivity index (χ4v) is 2.42. The van der Waals surface area contributed by atoms with Crippen LogP contribution in [0.5, 0.6) is 0 Å². The second kappa shape index (κ2) is 5.76. The zero-order valence-corrected chi connectivity index (χ0v) is 12.5. The van der Waals surface area contributed by atoms with Crippen LogP contribution in [0.4, 0.5) is 11.8 Å². The summed E-state index contributed by atoms with van der Waals surface area (Å²) < 4.78 is 6.36. The topological polar surface area (TPSA) is 64.3 Å². The zero-order chi connectivity index (χ0) is 13.9. The highest BCUT2D eigenvalue weighted by Crippen LogP contribution is 2.26. The monoisotopic (exact) mass is 334 g/mol. The summed E-state index contributed by atoms with van der Waals surface area (Å²) in [5, 5.41) is 0. The molecule has 20 heavy (non-hydrogen) atoms. The van der Waals surface area contributed by atoms with E-state index in [2.05, 4.69) is 30.8 Å². The molecular formula is C14H15BrN4O. The van der Waals surface area contributed by atoms with Crippen molar-refractivity contribution in [2.24, 2.45) is 0 Å². The number of morpholine rings is 1. The van der Waals surface area contributed by atoms with Crippen LogP contribution in [0.1, 0.15) is 0 Å². The first kappa shape index (κ1) is 13.3. The molecule has 3 rings (SSSR count). The van der Waals surface area contributed by atoms with E-state index in [9.17, 15) is 0 Å². The van der Waals surface area contributed by atoms with E-state index < -0.39 is 0 Å². The fraction of sp³-hybridized carbons (Fsp3) is 0.286. The van der Waals surface area contributed by atoms with Crippen molar-refractivity contribution >= 4 is 27.7 Å². The smallest absolute Gasteiger partial charge is 0.227 e. The number of anilines is 2. The van der Waals surface area contributed by atoms with Gasteiger partial charge in [-0.05, 0) is 17.7 Å². The van der Waals surface area contributed by atoms with Crippen molar-refractivity contribution in [1.29, 1.82) is 0 Å². The number of hydrogen-bond acceptors (Lipinski definition) is 5. The summed E-state index contributed by atoms with van der Waals surface area (Å²) in [6.07, 6.45) is 1.79. The molecule has 1 saturated heterocycles. The molecule has 104 valence electrons. The van der Waals surface area contributed by atoms with Gasteiger partial charge in [-0.1, -0.05) is 28.1 Å². The third kappa shape index (κ3) is 2.76. The molecular weight excluding hydrogens is 320 g/mol. The maximum atomic E-state index is 6.08. The first-order valence-electron chi connectivity index (χ1n) is 6.45. The van der Waals surface area contributed by atoms with Crippen molar-refractivity contribution in [3.05, 3.63) is 34.9 Å². The standard InChI is InChI=1S/C14H15BrN4O/c15-11-3-1-10(2-4-11)12-9-17-14(18-13(12)16)19-5-7-20-8-6-19/h1-4,9H,5-8H2,(H2,16,17,18). The van der Waals surface area contributed by atoms with Crippen molar-refractivity contribution in [1.82, 2.24) is 9.97 Å². The van der Waals surface area contributed by atoms with Gasteiger partial charge in [0.05, 0.1) is 13.2 Å². The van der Waals surface area contributed by atoms with Crippen molar-refractivity contribution < 1.29 is 4.74 Å². The maximum absolute atomic E-state index is 6.08. The van der Waals surface area contributed by atoms with Gasteiger partial charge in [0.2, 0.25) is 5.95 Å².